The summed E-state index contributed by atoms with van der Waals surface area (Å²) in [4.78, 5) is 16.4. The van der Waals surface area contributed by atoms with E-state index in [4.69, 9.17) is 4.74 Å². The number of rotatable bonds is 3. The Labute approximate surface area is 139 Å². The molecule has 112 valence electrons. The van der Waals surface area contributed by atoms with Crippen LogP contribution in [0.25, 0.3) is 10.2 Å². The summed E-state index contributed by atoms with van der Waals surface area (Å²) in [7, 11) is 1.60. The fourth-order valence-corrected chi connectivity index (χ4v) is 3.30. The van der Waals surface area contributed by atoms with Crippen LogP contribution in [0.15, 0.2) is 46.9 Å². The van der Waals surface area contributed by atoms with Crippen LogP contribution in [0.3, 0.4) is 0 Å². The van der Waals surface area contributed by atoms with Crippen molar-refractivity contribution in [1.29, 1.82) is 0 Å². The van der Waals surface area contributed by atoms with Crippen LogP contribution in [0.5, 0.6) is 5.75 Å². The first-order valence-electron chi connectivity index (χ1n) is 6.42. The zero-order valence-electron chi connectivity index (χ0n) is 11.6. The van der Waals surface area contributed by atoms with Crippen LogP contribution >= 0.6 is 27.3 Å². The lowest BCUT2D eigenvalue weighted by atomic mass is 10.3. The zero-order valence-corrected chi connectivity index (χ0v) is 14.0. The van der Waals surface area contributed by atoms with Crippen molar-refractivity contribution < 1.29 is 9.53 Å². The second kappa shape index (κ2) is 6.33. The molecule has 2 aromatic carbocycles. The van der Waals surface area contributed by atoms with E-state index in [1.54, 1.807) is 31.4 Å². The van der Waals surface area contributed by atoms with Gasteiger partial charge in [0, 0.05) is 10.2 Å². The lowest BCUT2D eigenvalue weighted by molar-refractivity contribution is 0.262. The molecule has 7 heteroatoms. The second-order valence-electron chi connectivity index (χ2n) is 4.44. The van der Waals surface area contributed by atoms with E-state index >= 15 is 0 Å². The minimum absolute atomic E-state index is 0.330. The van der Waals surface area contributed by atoms with Gasteiger partial charge < -0.3 is 10.1 Å². The molecule has 3 rings (SSSR count). The first kappa shape index (κ1) is 14.8. The van der Waals surface area contributed by atoms with Gasteiger partial charge in [-0.3, -0.25) is 5.32 Å². The molecule has 0 aliphatic heterocycles. The molecule has 3 aromatic rings. The number of urea groups is 1. The highest BCUT2D eigenvalue weighted by Gasteiger charge is 2.08. The van der Waals surface area contributed by atoms with Gasteiger partial charge in [0.2, 0.25) is 0 Å². The van der Waals surface area contributed by atoms with Crippen molar-refractivity contribution in [2.24, 2.45) is 0 Å². The van der Waals surface area contributed by atoms with Gasteiger partial charge in [-0.2, -0.15) is 0 Å². The van der Waals surface area contributed by atoms with E-state index in [-0.39, 0.29) is 6.03 Å². The minimum Gasteiger partial charge on any atom is -0.497 e. The number of nitrogens with one attached hydrogen (secondary N) is 2. The number of thiazole rings is 1. The van der Waals surface area contributed by atoms with Crippen LogP contribution in [0.4, 0.5) is 15.6 Å². The second-order valence-corrected chi connectivity index (χ2v) is 6.39. The average Bonchev–Trinajstić information content (AvgIpc) is 2.89. The Balaban J connectivity index is 1.69. The molecule has 0 aliphatic carbocycles. The molecule has 0 saturated heterocycles. The molecule has 2 N–H and O–H groups in total. The van der Waals surface area contributed by atoms with E-state index in [0.717, 1.165) is 20.4 Å². The highest BCUT2D eigenvalue weighted by molar-refractivity contribution is 9.10. The Bertz CT molecular complexity index is 817. The number of benzene rings is 2. The number of hydrogen-bond donors (Lipinski definition) is 2. The van der Waals surface area contributed by atoms with Crippen LogP contribution in [0.2, 0.25) is 0 Å². The van der Waals surface area contributed by atoms with E-state index in [1.165, 1.54) is 11.3 Å². The number of methoxy groups -OCH3 is 1. The normalized spacial score (nSPS) is 10.5. The molecule has 0 saturated carbocycles. The van der Waals surface area contributed by atoms with E-state index in [0.29, 0.717) is 10.8 Å². The van der Waals surface area contributed by atoms with Crippen molar-refractivity contribution in [2.75, 3.05) is 17.7 Å². The number of aromatic nitrogens is 1. The first-order chi connectivity index (χ1) is 10.6. The molecule has 2 amide bonds. The third kappa shape index (κ3) is 3.37. The maximum atomic E-state index is 12.0. The van der Waals surface area contributed by atoms with Crippen LogP contribution in [0.1, 0.15) is 0 Å². The Kier molecular flexibility index (Phi) is 4.26. The molecule has 22 heavy (non-hydrogen) atoms. The van der Waals surface area contributed by atoms with Crippen molar-refractivity contribution in [3.05, 3.63) is 46.9 Å². The highest BCUT2D eigenvalue weighted by Crippen LogP contribution is 2.28. The largest absolute Gasteiger partial charge is 0.497 e. The van der Waals surface area contributed by atoms with Gasteiger partial charge in [0.05, 0.1) is 17.3 Å². The molecule has 0 bridgehead atoms. The van der Waals surface area contributed by atoms with Gasteiger partial charge in [-0.25, -0.2) is 9.78 Å². The number of fused-ring (bicyclic) bond motifs is 1. The first-order valence-corrected chi connectivity index (χ1v) is 8.03. The number of ether oxygens (including phenoxy) is 1. The van der Waals surface area contributed by atoms with Crippen LogP contribution in [0, 0.1) is 0 Å². The number of carbonyl (C=O) groups is 1. The van der Waals surface area contributed by atoms with Gasteiger partial charge in [0.25, 0.3) is 0 Å². The molecule has 0 spiro atoms. The summed E-state index contributed by atoms with van der Waals surface area (Å²) in [6.07, 6.45) is 0. The summed E-state index contributed by atoms with van der Waals surface area (Å²) in [6.45, 7) is 0. The van der Waals surface area contributed by atoms with Crippen molar-refractivity contribution in [3.8, 4) is 5.75 Å². The number of carbonyl (C=O) groups excluding carboxylic acids is 1. The molecule has 0 radical (unpaired) electrons. The Morgan fingerprint density at radius 1 is 1.18 bits per heavy atom. The maximum Gasteiger partial charge on any atom is 0.325 e. The highest BCUT2D eigenvalue weighted by atomic mass is 79.9. The Morgan fingerprint density at radius 2 is 1.95 bits per heavy atom. The van der Waals surface area contributed by atoms with Gasteiger partial charge in [0.1, 0.15) is 5.75 Å². The summed E-state index contributed by atoms with van der Waals surface area (Å²) in [5.74, 6) is 0.739. The number of anilines is 2. The lowest BCUT2D eigenvalue weighted by Crippen LogP contribution is -2.19. The topological polar surface area (TPSA) is 63.2 Å². The summed E-state index contributed by atoms with van der Waals surface area (Å²) in [6, 6.07) is 12.6. The minimum atomic E-state index is -0.330. The SMILES string of the molecule is COc1ccc(NC(=O)Nc2nc3ccc(Br)cc3s2)cc1. The van der Waals surface area contributed by atoms with E-state index in [2.05, 4.69) is 31.5 Å². The molecule has 0 atom stereocenters. The number of nitrogens with zero attached hydrogens (tertiary/aromatic N) is 1. The van der Waals surface area contributed by atoms with E-state index < -0.39 is 0 Å². The third-order valence-electron chi connectivity index (χ3n) is 2.92. The molecular weight excluding hydrogens is 366 g/mol. The quantitative estimate of drug-likeness (QED) is 0.694. The number of amides is 2. The van der Waals surface area contributed by atoms with Gasteiger partial charge >= 0.3 is 6.03 Å². The summed E-state index contributed by atoms with van der Waals surface area (Å²) >= 11 is 4.84. The molecule has 0 fully saturated rings. The lowest BCUT2D eigenvalue weighted by Gasteiger charge is -2.06. The molecular formula is C15H12BrN3O2S. The molecule has 0 unspecified atom stereocenters. The summed E-state index contributed by atoms with van der Waals surface area (Å²) in [5, 5.41) is 6.04. The molecule has 1 heterocycles. The summed E-state index contributed by atoms with van der Waals surface area (Å²) in [5.41, 5.74) is 1.54. The predicted octanol–water partition coefficient (Wildman–Crippen LogP) is 4.71. The van der Waals surface area contributed by atoms with Crippen LogP contribution < -0.4 is 15.4 Å². The zero-order chi connectivity index (χ0) is 15.5. The van der Waals surface area contributed by atoms with Gasteiger partial charge in [-0.1, -0.05) is 27.3 Å². The standard InChI is InChI=1S/C15H12BrN3O2S/c1-21-11-5-3-10(4-6-11)17-14(20)19-15-18-12-7-2-9(16)8-13(12)22-15/h2-8H,1H3,(H2,17,18,19,20). The van der Waals surface area contributed by atoms with Crippen molar-refractivity contribution >= 4 is 54.3 Å². The van der Waals surface area contributed by atoms with Crippen molar-refractivity contribution in [2.45, 2.75) is 0 Å². The van der Waals surface area contributed by atoms with E-state index in [1.807, 2.05) is 18.2 Å². The van der Waals surface area contributed by atoms with Crippen molar-refractivity contribution in [3.63, 3.8) is 0 Å². The number of hydrogen-bond acceptors (Lipinski definition) is 4. The van der Waals surface area contributed by atoms with Crippen molar-refractivity contribution in [1.82, 2.24) is 4.98 Å². The Hall–Kier alpha value is -2.12. The predicted molar refractivity (Wildman–Crippen MR) is 93.0 cm³/mol. The molecule has 0 aliphatic rings. The summed E-state index contributed by atoms with van der Waals surface area (Å²) < 4.78 is 7.07. The monoisotopic (exact) mass is 377 g/mol. The fraction of sp³-hybridized carbons (Fsp3) is 0.0667. The fourth-order valence-electron chi connectivity index (χ4n) is 1.89. The smallest absolute Gasteiger partial charge is 0.325 e. The Morgan fingerprint density at radius 3 is 2.68 bits per heavy atom. The molecule has 5 nitrogen and oxygen atoms in total. The average molecular weight is 378 g/mol. The van der Waals surface area contributed by atoms with E-state index in [9.17, 15) is 4.79 Å². The van der Waals surface area contributed by atoms with Crippen LogP contribution in [-0.2, 0) is 0 Å². The van der Waals surface area contributed by atoms with Crippen LogP contribution in [-0.4, -0.2) is 18.1 Å². The van der Waals surface area contributed by atoms with Gasteiger partial charge in [-0.05, 0) is 42.5 Å². The van der Waals surface area contributed by atoms with Gasteiger partial charge in [-0.15, -0.1) is 0 Å². The third-order valence-corrected chi connectivity index (χ3v) is 4.35. The van der Waals surface area contributed by atoms with Gasteiger partial charge in [0.15, 0.2) is 5.13 Å². The molecule has 1 aromatic heterocycles. The maximum absolute atomic E-state index is 12.0. The number of halogens is 1.